The van der Waals surface area contributed by atoms with Crippen LogP contribution in [0, 0.1) is 6.92 Å². The van der Waals surface area contributed by atoms with E-state index in [1.54, 1.807) is 61.3 Å². The van der Waals surface area contributed by atoms with Crippen LogP contribution in [-0.4, -0.2) is 15.6 Å². The predicted molar refractivity (Wildman–Crippen MR) is 101 cm³/mol. The molecule has 26 heavy (non-hydrogen) atoms. The number of hydrogen-bond acceptors (Lipinski definition) is 4. The lowest BCUT2D eigenvalue weighted by atomic mass is 10.1. The highest BCUT2D eigenvalue weighted by atomic mass is 35.5. The third-order valence-electron chi connectivity index (χ3n) is 3.65. The first-order chi connectivity index (χ1) is 12.4. The molecule has 2 aromatic heterocycles. The highest BCUT2D eigenvalue weighted by molar-refractivity contribution is 6.42. The predicted octanol–water partition coefficient (Wildman–Crippen LogP) is 5.10. The first kappa shape index (κ1) is 18.3. The maximum Gasteiger partial charge on any atom is 0.189 e. The Bertz CT molecular complexity index is 973. The number of furan rings is 1. The van der Waals surface area contributed by atoms with Crippen molar-refractivity contribution in [2.75, 3.05) is 0 Å². The Morgan fingerprint density at radius 3 is 2.85 bits per heavy atom. The SMILES string of the molecule is Cc1nn(C)cc1C(=O)/C=C/c1ccc(COc2cccc(Cl)c2Cl)o1. The molecule has 3 rings (SSSR count). The second-order valence-corrected chi connectivity index (χ2v) is 6.43. The summed E-state index contributed by atoms with van der Waals surface area (Å²) in [5, 5.41) is 4.95. The van der Waals surface area contributed by atoms with Gasteiger partial charge in [-0.25, -0.2) is 0 Å². The number of hydrogen-bond donors (Lipinski definition) is 0. The molecule has 1 aromatic carbocycles. The molecule has 0 saturated carbocycles. The second kappa shape index (κ2) is 7.81. The average Bonchev–Trinajstić information content (AvgIpc) is 3.20. The van der Waals surface area contributed by atoms with E-state index in [0.717, 1.165) is 0 Å². The number of halogens is 2. The molecule has 0 bridgehead atoms. The van der Waals surface area contributed by atoms with Crippen LogP contribution < -0.4 is 4.74 Å². The molecule has 0 spiro atoms. The molecule has 7 heteroatoms. The van der Waals surface area contributed by atoms with Crippen molar-refractivity contribution in [3.05, 3.63) is 75.4 Å². The zero-order chi connectivity index (χ0) is 18.7. The van der Waals surface area contributed by atoms with Gasteiger partial charge in [0.15, 0.2) is 5.78 Å². The van der Waals surface area contributed by atoms with Gasteiger partial charge in [-0.1, -0.05) is 29.3 Å². The van der Waals surface area contributed by atoms with Gasteiger partial charge in [0.2, 0.25) is 0 Å². The lowest BCUT2D eigenvalue weighted by Crippen LogP contribution is -1.95. The summed E-state index contributed by atoms with van der Waals surface area (Å²) in [6.45, 7) is 1.99. The molecule has 134 valence electrons. The number of carbonyl (C=O) groups excluding carboxylic acids is 1. The topological polar surface area (TPSA) is 57.3 Å². The first-order valence-corrected chi connectivity index (χ1v) is 8.58. The van der Waals surface area contributed by atoms with E-state index in [1.165, 1.54) is 6.08 Å². The summed E-state index contributed by atoms with van der Waals surface area (Å²) in [6, 6.07) is 8.71. The second-order valence-electron chi connectivity index (χ2n) is 5.64. The fourth-order valence-electron chi connectivity index (χ4n) is 2.40. The summed E-state index contributed by atoms with van der Waals surface area (Å²) in [6.07, 6.45) is 4.77. The fraction of sp³-hybridized carbons (Fsp3) is 0.158. The molecular weight excluding hydrogens is 375 g/mol. The summed E-state index contributed by atoms with van der Waals surface area (Å²) < 4.78 is 12.9. The van der Waals surface area contributed by atoms with Crippen LogP contribution >= 0.6 is 23.2 Å². The highest BCUT2D eigenvalue weighted by Gasteiger charge is 2.10. The maximum absolute atomic E-state index is 12.2. The van der Waals surface area contributed by atoms with E-state index in [0.29, 0.717) is 38.6 Å². The number of allylic oxidation sites excluding steroid dienone is 1. The Kier molecular flexibility index (Phi) is 5.49. The van der Waals surface area contributed by atoms with Crippen molar-refractivity contribution < 1.29 is 13.9 Å². The van der Waals surface area contributed by atoms with Crippen LogP contribution in [0.5, 0.6) is 5.75 Å². The summed E-state index contributed by atoms with van der Waals surface area (Å²) in [5.41, 5.74) is 1.25. The summed E-state index contributed by atoms with van der Waals surface area (Å²) >= 11 is 12.0. The molecule has 0 unspecified atom stereocenters. The number of rotatable bonds is 6. The maximum atomic E-state index is 12.2. The molecule has 0 fully saturated rings. The van der Waals surface area contributed by atoms with Gasteiger partial charge in [0.05, 0.1) is 16.3 Å². The molecule has 0 atom stereocenters. The van der Waals surface area contributed by atoms with Crippen molar-refractivity contribution in [3.8, 4) is 5.75 Å². The number of ketones is 1. The quantitative estimate of drug-likeness (QED) is 0.433. The van der Waals surface area contributed by atoms with Gasteiger partial charge in [-0.3, -0.25) is 9.48 Å². The standard InChI is InChI=1S/C19H16Cl2N2O3/c1-12-15(10-23(2)22-12)17(24)9-8-13-6-7-14(26-13)11-25-18-5-3-4-16(20)19(18)21/h3-10H,11H2,1-2H3/b9-8+. The van der Waals surface area contributed by atoms with Crippen LogP contribution in [-0.2, 0) is 13.7 Å². The molecule has 0 N–H and O–H groups in total. The lowest BCUT2D eigenvalue weighted by molar-refractivity contribution is 0.104. The molecule has 0 amide bonds. The molecular formula is C19H16Cl2N2O3. The minimum absolute atomic E-state index is 0.129. The van der Waals surface area contributed by atoms with Gasteiger partial charge in [-0.05, 0) is 43.3 Å². The Morgan fingerprint density at radius 2 is 2.12 bits per heavy atom. The molecule has 5 nitrogen and oxygen atoms in total. The van der Waals surface area contributed by atoms with Crippen molar-refractivity contribution in [2.45, 2.75) is 13.5 Å². The molecule has 0 aliphatic rings. The van der Waals surface area contributed by atoms with Gasteiger partial charge in [0.25, 0.3) is 0 Å². The lowest BCUT2D eigenvalue weighted by Gasteiger charge is -2.06. The van der Waals surface area contributed by atoms with Gasteiger partial charge < -0.3 is 9.15 Å². The third kappa shape index (κ3) is 4.18. The van der Waals surface area contributed by atoms with E-state index < -0.39 is 0 Å². The fourth-order valence-corrected chi connectivity index (χ4v) is 2.74. The summed E-state index contributed by atoms with van der Waals surface area (Å²) in [5.74, 6) is 1.51. The van der Waals surface area contributed by atoms with Crippen LogP contribution in [0.4, 0.5) is 0 Å². The van der Waals surface area contributed by atoms with Crippen LogP contribution in [0.25, 0.3) is 6.08 Å². The molecule has 2 heterocycles. The first-order valence-electron chi connectivity index (χ1n) is 7.82. The zero-order valence-electron chi connectivity index (χ0n) is 14.2. The van der Waals surface area contributed by atoms with E-state index in [4.69, 9.17) is 32.4 Å². The largest absolute Gasteiger partial charge is 0.484 e. The Balaban J connectivity index is 1.63. The van der Waals surface area contributed by atoms with Crippen molar-refractivity contribution in [3.63, 3.8) is 0 Å². The number of aromatic nitrogens is 2. The average molecular weight is 391 g/mol. The minimum Gasteiger partial charge on any atom is -0.484 e. The van der Waals surface area contributed by atoms with E-state index >= 15 is 0 Å². The van der Waals surface area contributed by atoms with Gasteiger partial charge >= 0.3 is 0 Å². The Morgan fingerprint density at radius 1 is 1.31 bits per heavy atom. The molecule has 0 aliphatic heterocycles. The number of aryl methyl sites for hydroxylation is 2. The number of carbonyl (C=O) groups is 1. The van der Waals surface area contributed by atoms with Crippen LogP contribution in [0.15, 0.2) is 47.0 Å². The van der Waals surface area contributed by atoms with Crippen molar-refractivity contribution in [1.82, 2.24) is 9.78 Å². The minimum atomic E-state index is -0.129. The zero-order valence-corrected chi connectivity index (χ0v) is 15.7. The Labute approximate surface area is 160 Å². The van der Waals surface area contributed by atoms with E-state index in [-0.39, 0.29) is 12.4 Å². The van der Waals surface area contributed by atoms with E-state index in [2.05, 4.69) is 5.10 Å². The van der Waals surface area contributed by atoms with Crippen molar-refractivity contribution in [1.29, 1.82) is 0 Å². The Hall–Kier alpha value is -2.50. The van der Waals surface area contributed by atoms with Crippen LogP contribution in [0.2, 0.25) is 10.0 Å². The summed E-state index contributed by atoms with van der Waals surface area (Å²) in [7, 11) is 1.78. The van der Waals surface area contributed by atoms with E-state index in [1.807, 2.05) is 0 Å². The summed E-state index contributed by atoms with van der Waals surface area (Å²) in [4.78, 5) is 12.2. The van der Waals surface area contributed by atoms with Crippen molar-refractivity contribution in [2.24, 2.45) is 7.05 Å². The number of nitrogens with zero attached hydrogens (tertiary/aromatic N) is 2. The molecule has 3 aromatic rings. The van der Waals surface area contributed by atoms with Gasteiger partial charge in [0, 0.05) is 13.2 Å². The highest BCUT2D eigenvalue weighted by Crippen LogP contribution is 2.32. The van der Waals surface area contributed by atoms with Gasteiger partial charge in [-0.2, -0.15) is 5.10 Å². The van der Waals surface area contributed by atoms with E-state index in [9.17, 15) is 4.79 Å². The van der Waals surface area contributed by atoms with Crippen LogP contribution in [0.1, 0.15) is 27.6 Å². The molecule has 0 radical (unpaired) electrons. The molecule has 0 aliphatic carbocycles. The number of benzene rings is 1. The monoisotopic (exact) mass is 390 g/mol. The van der Waals surface area contributed by atoms with Crippen LogP contribution in [0.3, 0.4) is 0 Å². The molecule has 0 saturated heterocycles. The number of ether oxygens (including phenoxy) is 1. The third-order valence-corrected chi connectivity index (χ3v) is 4.45. The normalized spacial score (nSPS) is 11.2. The smallest absolute Gasteiger partial charge is 0.189 e. The van der Waals surface area contributed by atoms with Crippen molar-refractivity contribution >= 4 is 35.1 Å². The van der Waals surface area contributed by atoms with Gasteiger partial charge in [-0.15, -0.1) is 0 Å². The van der Waals surface area contributed by atoms with Gasteiger partial charge in [0.1, 0.15) is 28.9 Å².